The Morgan fingerprint density at radius 1 is 1.25 bits per heavy atom. The Morgan fingerprint density at radius 3 is 2.25 bits per heavy atom. The molecule has 0 aromatic carbocycles. The van der Waals surface area contributed by atoms with Crippen molar-refractivity contribution in [2.75, 3.05) is 6.61 Å². The lowest BCUT2D eigenvalue weighted by atomic mass is 9.97. The van der Waals surface area contributed by atoms with Gasteiger partial charge in [0.05, 0.1) is 0 Å². The van der Waals surface area contributed by atoms with Crippen LogP contribution in [0.25, 0.3) is 0 Å². The summed E-state index contributed by atoms with van der Waals surface area (Å²) >= 11 is 0. The van der Waals surface area contributed by atoms with E-state index in [1.54, 1.807) is 0 Å². The molecule has 0 amide bonds. The highest BCUT2D eigenvalue weighted by Gasteiger charge is 2.09. The summed E-state index contributed by atoms with van der Waals surface area (Å²) in [6.45, 7) is 6.17. The predicted octanol–water partition coefficient (Wildman–Crippen LogP) is 2.01. The molecule has 72 valence electrons. The van der Waals surface area contributed by atoms with Crippen molar-refractivity contribution in [1.82, 2.24) is 0 Å². The summed E-state index contributed by atoms with van der Waals surface area (Å²) < 4.78 is 0. The van der Waals surface area contributed by atoms with Crippen LogP contribution in [0.3, 0.4) is 0 Å². The summed E-state index contributed by atoms with van der Waals surface area (Å²) in [4.78, 5) is 11.2. The van der Waals surface area contributed by atoms with Crippen LogP contribution in [0.4, 0.5) is 0 Å². The Bertz CT molecular complexity index is 130. The molecule has 0 saturated heterocycles. The van der Waals surface area contributed by atoms with Gasteiger partial charge in [-0.3, -0.25) is 4.79 Å². The maximum Gasteiger partial charge on any atom is 0.135 e. The Morgan fingerprint density at radius 2 is 1.83 bits per heavy atom. The molecule has 0 bridgehead atoms. The van der Waals surface area contributed by atoms with E-state index in [2.05, 4.69) is 6.92 Å². The molecule has 12 heavy (non-hydrogen) atoms. The van der Waals surface area contributed by atoms with E-state index in [1.165, 1.54) is 0 Å². The third-order valence-corrected chi connectivity index (χ3v) is 2.15. The van der Waals surface area contributed by atoms with Crippen LogP contribution in [-0.2, 0) is 4.79 Å². The summed E-state index contributed by atoms with van der Waals surface area (Å²) in [5, 5.41) is 8.63. The number of aliphatic hydroxyl groups is 1. The second kappa shape index (κ2) is 6.18. The number of ketones is 1. The van der Waals surface area contributed by atoms with Crippen LogP contribution in [0.15, 0.2) is 0 Å². The molecule has 0 spiro atoms. The topological polar surface area (TPSA) is 37.3 Å². The fourth-order valence-corrected chi connectivity index (χ4v) is 1.04. The quantitative estimate of drug-likeness (QED) is 0.665. The first-order valence-electron chi connectivity index (χ1n) is 4.71. The number of hydrogen-bond acceptors (Lipinski definition) is 2. The van der Waals surface area contributed by atoms with Gasteiger partial charge in [-0.05, 0) is 18.8 Å². The molecule has 1 N–H and O–H groups in total. The zero-order valence-electron chi connectivity index (χ0n) is 8.34. The third-order valence-electron chi connectivity index (χ3n) is 2.15. The molecule has 2 heteroatoms. The fraction of sp³-hybridized carbons (Fsp3) is 0.900. The van der Waals surface area contributed by atoms with Crippen molar-refractivity contribution in [3.63, 3.8) is 0 Å². The van der Waals surface area contributed by atoms with E-state index < -0.39 is 0 Å². The van der Waals surface area contributed by atoms with Crippen LogP contribution in [0.1, 0.15) is 40.0 Å². The second-order valence-electron chi connectivity index (χ2n) is 3.78. The number of hydrogen-bond donors (Lipinski definition) is 1. The molecule has 0 heterocycles. The van der Waals surface area contributed by atoms with Crippen molar-refractivity contribution in [3.05, 3.63) is 0 Å². The molecule has 1 atom stereocenters. The highest BCUT2D eigenvalue weighted by atomic mass is 16.3. The van der Waals surface area contributed by atoms with Crippen molar-refractivity contribution in [2.45, 2.75) is 40.0 Å². The second-order valence-corrected chi connectivity index (χ2v) is 3.78. The molecule has 0 fully saturated rings. The first-order valence-corrected chi connectivity index (χ1v) is 4.71. The van der Waals surface area contributed by atoms with E-state index in [1.807, 2.05) is 13.8 Å². The van der Waals surface area contributed by atoms with Crippen LogP contribution < -0.4 is 0 Å². The van der Waals surface area contributed by atoms with E-state index in [-0.39, 0.29) is 12.5 Å². The van der Waals surface area contributed by atoms with E-state index >= 15 is 0 Å². The van der Waals surface area contributed by atoms with Gasteiger partial charge in [-0.2, -0.15) is 0 Å². The molecular formula is C10H20O2. The van der Waals surface area contributed by atoms with Gasteiger partial charge in [-0.25, -0.2) is 0 Å². The lowest BCUT2D eigenvalue weighted by Gasteiger charge is -2.09. The van der Waals surface area contributed by atoms with Gasteiger partial charge in [0.25, 0.3) is 0 Å². The number of aliphatic hydroxyl groups excluding tert-OH is 1. The first-order chi connectivity index (χ1) is 5.57. The lowest BCUT2D eigenvalue weighted by Crippen LogP contribution is -2.09. The number of Topliss-reactive ketones (excluding diaryl/α,β-unsaturated/α-hetero) is 1. The van der Waals surface area contributed by atoms with Gasteiger partial charge in [0.1, 0.15) is 5.78 Å². The van der Waals surface area contributed by atoms with E-state index in [0.29, 0.717) is 18.1 Å². The Hall–Kier alpha value is -0.370. The lowest BCUT2D eigenvalue weighted by molar-refractivity contribution is -0.122. The summed E-state index contributed by atoms with van der Waals surface area (Å²) in [5.41, 5.74) is 0. The van der Waals surface area contributed by atoms with Crippen LogP contribution in [0, 0.1) is 11.8 Å². The van der Waals surface area contributed by atoms with Gasteiger partial charge in [0, 0.05) is 18.9 Å². The van der Waals surface area contributed by atoms with Crippen molar-refractivity contribution < 1.29 is 9.90 Å². The molecule has 0 rings (SSSR count). The van der Waals surface area contributed by atoms with E-state index in [4.69, 9.17) is 5.11 Å². The minimum Gasteiger partial charge on any atom is -0.396 e. The molecule has 0 aliphatic carbocycles. The summed E-state index contributed by atoms with van der Waals surface area (Å²) in [5.74, 6) is 0.962. The highest BCUT2D eigenvalue weighted by Crippen LogP contribution is 2.12. The van der Waals surface area contributed by atoms with Gasteiger partial charge < -0.3 is 5.11 Å². The molecule has 2 nitrogen and oxygen atoms in total. The van der Waals surface area contributed by atoms with Crippen molar-refractivity contribution in [1.29, 1.82) is 0 Å². The van der Waals surface area contributed by atoms with Gasteiger partial charge >= 0.3 is 0 Å². The predicted molar refractivity (Wildman–Crippen MR) is 49.9 cm³/mol. The van der Waals surface area contributed by atoms with Crippen LogP contribution in [0.2, 0.25) is 0 Å². The van der Waals surface area contributed by atoms with Crippen molar-refractivity contribution >= 4 is 5.78 Å². The van der Waals surface area contributed by atoms with Crippen LogP contribution in [0.5, 0.6) is 0 Å². The number of rotatable bonds is 6. The SMILES string of the molecule is CC(C)C(=O)CC[C@@H](C)CCO. The maximum atomic E-state index is 11.2. The fourth-order valence-electron chi connectivity index (χ4n) is 1.04. The molecule has 0 aromatic rings. The minimum absolute atomic E-state index is 0.159. The zero-order chi connectivity index (χ0) is 9.56. The third kappa shape index (κ3) is 5.30. The number of carbonyl (C=O) groups excluding carboxylic acids is 1. The smallest absolute Gasteiger partial charge is 0.135 e. The molecule has 0 aliphatic rings. The Balaban J connectivity index is 3.47. The van der Waals surface area contributed by atoms with Crippen molar-refractivity contribution in [2.24, 2.45) is 11.8 Å². The van der Waals surface area contributed by atoms with Crippen molar-refractivity contribution in [3.8, 4) is 0 Å². The zero-order valence-corrected chi connectivity index (χ0v) is 8.34. The normalized spacial score (nSPS) is 13.4. The Labute approximate surface area is 75.0 Å². The van der Waals surface area contributed by atoms with Gasteiger partial charge in [0.2, 0.25) is 0 Å². The van der Waals surface area contributed by atoms with E-state index in [9.17, 15) is 4.79 Å². The van der Waals surface area contributed by atoms with Gasteiger partial charge in [-0.15, -0.1) is 0 Å². The largest absolute Gasteiger partial charge is 0.396 e. The van der Waals surface area contributed by atoms with Gasteiger partial charge in [-0.1, -0.05) is 20.8 Å². The monoisotopic (exact) mass is 172 g/mol. The van der Waals surface area contributed by atoms with Crippen LogP contribution >= 0.6 is 0 Å². The first kappa shape index (κ1) is 11.6. The summed E-state index contributed by atoms with van der Waals surface area (Å²) in [6.07, 6.45) is 2.39. The van der Waals surface area contributed by atoms with Gasteiger partial charge in [0.15, 0.2) is 0 Å². The summed E-state index contributed by atoms with van der Waals surface area (Å²) in [7, 11) is 0. The molecular weight excluding hydrogens is 152 g/mol. The molecule has 0 saturated carbocycles. The average Bonchev–Trinajstić information content (AvgIpc) is 2.00. The Kier molecular flexibility index (Phi) is 5.99. The van der Waals surface area contributed by atoms with Crippen LogP contribution in [-0.4, -0.2) is 17.5 Å². The standard InChI is InChI=1S/C10H20O2/c1-8(2)10(12)5-4-9(3)6-7-11/h8-9,11H,4-7H2,1-3H3/t9-/m1/s1. The average molecular weight is 172 g/mol. The molecule has 0 aliphatic heterocycles. The number of carbonyl (C=O) groups is 1. The maximum absolute atomic E-state index is 11.2. The summed E-state index contributed by atoms with van der Waals surface area (Å²) in [6, 6.07) is 0. The highest BCUT2D eigenvalue weighted by molar-refractivity contribution is 5.80. The molecule has 0 radical (unpaired) electrons. The van der Waals surface area contributed by atoms with E-state index in [0.717, 1.165) is 12.8 Å². The minimum atomic E-state index is 0.159. The molecule has 0 unspecified atom stereocenters. The molecule has 0 aromatic heterocycles.